The Morgan fingerprint density at radius 1 is 0.774 bits per heavy atom. The van der Waals surface area contributed by atoms with E-state index in [2.05, 4.69) is 54.8 Å². The van der Waals surface area contributed by atoms with Gasteiger partial charge in [-0.15, -0.1) is 0 Å². The van der Waals surface area contributed by atoms with Gasteiger partial charge in [0.15, 0.2) is 0 Å². The van der Waals surface area contributed by atoms with Gasteiger partial charge in [-0.1, -0.05) is 59.2 Å². The zero-order valence-corrected chi connectivity index (χ0v) is 20.7. The molecule has 5 heteroatoms. The molecule has 0 N–H and O–H groups in total. The summed E-state index contributed by atoms with van der Waals surface area (Å²) in [4.78, 5) is 12.5. The van der Waals surface area contributed by atoms with E-state index in [4.69, 9.17) is 11.6 Å². The Kier molecular flexibility index (Phi) is 11.3. The van der Waals surface area contributed by atoms with E-state index in [0.717, 1.165) is 17.0 Å². The molecule has 0 radical (unpaired) electrons. The second-order valence-corrected chi connectivity index (χ2v) is 8.89. The molecule has 0 amide bonds. The quantitative estimate of drug-likeness (QED) is 0.411. The first-order valence-electron chi connectivity index (χ1n) is 10.7. The highest BCUT2D eigenvalue weighted by molar-refractivity contribution is 6.30. The molecule has 3 rings (SSSR count). The molecule has 0 atom stereocenters. The van der Waals surface area contributed by atoms with Crippen molar-refractivity contribution in [2.75, 3.05) is 0 Å². The minimum absolute atomic E-state index is 0.163. The Balaban J connectivity index is 0.000000233. The Labute approximate surface area is 192 Å². The van der Waals surface area contributed by atoms with Gasteiger partial charge in [-0.3, -0.25) is 15.0 Å². The van der Waals surface area contributed by atoms with Gasteiger partial charge in [-0.2, -0.15) is 0 Å². The summed E-state index contributed by atoms with van der Waals surface area (Å²) in [5, 5.41) is 0.699. The summed E-state index contributed by atoms with van der Waals surface area (Å²) in [6.45, 7) is 16.2. The first-order valence-corrected chi connectivity index (χ1v) is 11.1. The zero-order valence-electron chi connectivity index (χ0n) is 19.9. The van der Waals surface area contributed by atoms with Crippen LogP contribution < -0.4 is 0 Å². The molecule has 3 aromatic heterocycles. The van der Waals surface area contributed by atoms with Crippen molar-refractivity contribution in [1.29, 1.82) is 0 Å². The molecular weight excluding hydrogens is 409 g/mol. The number of aryl methyl sites for hydroxylation is 2. The highest BCUT2D eigenvalue weighted by Gasteiger charge is 2.06. The van der Waals surface area contributed by atoms with Crippen LogP contribution in [-0.2, 0) is 0 Å². The largest absolute Gasteiger partial charge is 0.259 e. The fraction of sp³-hybridized carbons (Fsp3) is 0.423. The number of nitrogens with zero attached hydrogens (tertiary/aromatic N) is 3. The third kappa shape index (κ3) is 10.0. The number of halogens is 2. The third-order valence-corrected chi connectivity index (χ3v) is 4.62. The molecule has 3 aromatic rings. The van der Waals surface area contributed by atoms with Crippen LogP contribution in [0.5, 0.6) is 0 Å². The van der Waals surface area contributed by atoms with Crippen LogP contribution in [0.4, 0.5) is 4.39 Å². The third-order valence-electron chi connectivity index (χ3n) is 4.40. The van der Waals surface area contributed by atoms with Crippen LogP contribution in [-0.4, -0.2) is 15.0 Å². The van der Waals surface area contributed by atoms with Gasteiger partial charge in [-0.25, -0.2) is 4.39 Å². The van der Waals surface area contributed by atoms with Crippen molar-refractivity contribution in [1.82, 2.24) is 15.0 Å². The number of hydrogen-bond acceptors (Lipinski definition) is 3. The van der Waals surface area contributed by atoms with Crippen LogP contribution in [0.2, 0.25) is 5.02 Å². The lowest BCUT2D eigenvalue weighted by Crippen LogP contribution is -1.97. The molecule has 0 aliphatic carbocycles. The van der Waals surface area contributed by atoms with E-state index < -0.39 is 0 Å². The first kappa shape index (κ1) is 26.7. The van der Waals surface area contributed by atoms with Gasteiger partial charge in [0.05, 0.1) is 10.7 Å². The second-order valence-electron chi connectivity index (χ2n) is 8.45. The smallest absolute Gasteiger partial charge is 0.145 e. The maximum atomic E-state index is 13.0. The molecular formula is C26H35ClFN3. The van der Waals surface area contributed by atoms with Crippen molar-refractivity contribution in [2.24, 2.45) is 0 Å². The van der Waals surface area contributed by atoms with Crippen molar-refractivity contribution in [3.05, 3.63) is 88.0 Å². The monoisotopic (exact) mass is 443 g/mol. The lowest BCUT2D eigenvalue weighted by molar-refractivity contribution is 0.583. The van der Waals surface area contributed by atoms with Crippen LogP contribution in [0, 0.1) is 19.7 Å². The minimum atomic E-state index is -0.194. The Morgan fingerprint density at radius 3 is 1.84 bits per heavy atom. The molecule has 0 aliphatic heterocycles. The molecule has 0 saturated heterocycles. The van der Waals surface area contributed by atoms with Gasteiger partial charge in [0.25, 0.3) is 0 Å². The van der Waals surface area contributed by atoms with E-state index >= 15 is 0 Å². The summed E-state index contributed by atoms with van der Waals surface area (Å²) in [6.07, 6.45) is 3.37. The second kappa shape index (κ2) is 13.2. The van der Waals surface area contributed by atoms with Crippen LogP contribution in [0.25, 0.3) is 0 Å². The van der Waals surface area contributed by atoms with Crippen LogP contribution in [0.15, 0.2) is 48.8 Å². The van der Waals surface area contributed by atoms with Crippen LogP contribution >= 0.6 is 11.6 Å². The predicted molar refractivity (Wildman–Crippen MR) is 129 cm³/mol. The van der Waals surface area contributed by atoms with Gasteiger partial charge in [-0.05, 0) is 67.5 Å². The van der Waals surface area contributed by atoms with Gasteiger partial charge >= 0.3 is 0 Å². The molecule has 0 bridgehead atoms. The van der Waals surface area contributed by atoms with E-state index in [1.165, 1.54) is 11.8 Å². The lowest BCUT2D eigenvalue weighted by Gasteiger charge is -2.05. The highest BCUT2D eigenvalue weighted by atomic mass is 35.5. The summed E-state index contributed by atoms with van der Waals surface area (Å²) >= 11 is 5.65. The number of hydrogen-bond donors (Lipinski definition) is 0. The number of aromatic nitrogens is 3. The van der Waals surface area contributed by atoms with E-state index in [1.54, 1.807) is 12.4 Å². The van der Waals surface area contributed by atoms with Crippen LogP contribution in [0.3, 0.4) is 0 Å². The van der Waals surface area contributed by atoms with E-state index in [9.17, 15) is 4.39 Å². The van der Waals surface area contributed by atoms with Gasteiger partial charge < -0.3 is 0 Å². The SMILES string of the molecule is CC(C)c1ccc(Cl)cn1.Cc1cccc(C(C)C)n1.Cc1cnc(C(C)C)c(F)c1. The molecule has 31 heavy (non-hydrogen) atoms. The zero-order chi connectivity index (χ0) is 23.6. The number of rotatable bonds is 3. The van der Waals surface area contributed by atoms with E-state index in [-0.39, 0.29) is 11.7 Å². The van der Waals surface area contributed by atoms with Crippen molar-refractivity contribution in [3.8, 4) is 0 Å². The molecule has 0 saturated carbocycles. The van der Waals surface area contributed by atoms with Crippen molar-refractivity contribution in [3.63, 3.8) is 0 Å². The summed E-state index contributed by atoms with van der Waals surface area (Å²) in [6, 6.07) is 11.5. The molecule has 3 heterocycles. The molecule has 0 aromatic carbocycles. The van der Waals surface area contributed by atoms with Crippen molar-refractivity contribution < 1.29 is 4.39 Å². The minimum Gasteiger partial charge on any atom is -0.259 e. The normalized spacial score (nSPS) is 10.5. The maximum Gasteiger partial charge on any atom is 0.145 e. The molecule has 0 spiro atoms. The highest BCUT2D eigenvalue weighted by Crippen LogP contribution is 2.16. The van der Waals surface area contributed by atoms with E-state index in [1.807, 2.05) is 45.9 Å². The topological polar surface area (TPSA) is 38.7 Å². The van der Waals surface area contributed by atoms with Crippen molar-refractivity contribution in [2.45, 2.75) is 73.1 Å². The first-order chi connectivity index (χ1) is 14.5. The summed E-state index contributed by atoms with van der Waals surface area (Å²) in [5.74, 6) is 0.993. The molecule has 0 aliphatic rings. The molecule has 0 unspecified atom stereocenters. The molecule has 0 fully saturated rings. The van der Waals surface area contributed by atoms with Gasteiger partial charge in [0, 0.05) is 29.5 Å². The number of pyridine rings is 3. The fourth-order valence-electron chi connectivity index (χ4n) is 2.58. The fourth-order valence-corrected chi connectivity index (χ4v) is 2.70. The average molecular weight is 444 g/mol. The Morgan fingerprint density at radius 2 is 1.42 bits per heavy atom. The Bertz CT molecular complexity index is 922. The summed E-state index contributed by atoms with van der Waals surface area (Å²) < 4.78 is 13.0. The lowest BCUT2D eigenvalue weighted by atomic mass is 10.1. The molecule has 168 valence electrons. The van der Waals surface area contributed by atoms with Gasteiger partial charge in [0.2, 0.25) is 0 Å². The van der Waals surface area contributed by atoms with Crippen LogP contribution in [0.1, 0.15) is 87.6 Å². The standard InChI is InChI=1S/C9H12FN.C9H13N.C8H10ClN/c1-6(2)9-8(10)4-7(3)5-11-9;1-7(2)9-6-4-5-8(3)10-9;1-6(2)8-4-3-7(9)5-10-8/h4-6H,1-3H3;4-7H,1-3H3;3-6H,1-2H3. The van der Waals surface area contributed by atoms with Crippen molar-refractivity contribution >= 4 is 11.6 Å². The predicted octanol–water partition coefficient (Wildman–Crippen LogP) is 8.02. The van der Waals surface area contributed by atoms with Gasteiger partial charge in [0.1, 0.15) is 5.82 Å². The Hall–Kier alpha value is -2.33. The average Bonchev–Trinajstić information content (AvgIpc) is 2.69. The van der Waals surface area contributed by atoms with E-state index in [0.29, 0.717) is 22.6 Å². The maximum absolute atomic E-state index is 13.0. The molecule has 3 nitrogen and oxygen atoms in total. The summed E-state index contributed by atoms with van der Waals surface area (Å²) in [5.41, 5.74) is 4.79. The summed E-state index contributed by atoms with van der Waals surface area (Å²) in [7, 11) is 0.